The average molecular weight is 278 g/mol. The lowest BCUT2D eigenvalue weighted by Gasteiger charge is -1.94. The molecule has 1 aromatic carbocycles. The van der Waals surface area contributed by atoms with E-state index in [1.54, 1.807) is 18.2 Å². The van der Waals surface area contributed by atoms with E-state index in [0.29, 0.717) is 10.2 Å². The van der Waals surface area contributed by atoms with Gasteiger partial charge in [0.1, 0.15) is 0 Å². The van der Waals surface area contributed by atoms with Crippen LogP contribution in [0.1, 0.15) is 11.3 Å². The number of benzene rings is 1. The number of nitrogen functional groups attached to an aromatic ring is 1. The molecule has 0 saturated heterocycles. The summed E-state index contributed by atoms with van der Waals surface area (Å²) in [5.74, 6) is 0. The Morgan fingerprint density at radius 3 is 2.71 bits per heavy atom. The SMILES string of the molecule is Nc1ccc2sc(C(F)F)c(Br)c2c1. The predicted octanol–water partition coefficient (Wildman–Crippen LogP) is 4.18. The lowest BCUT2D eigenvalue weighted by molar-refractivity contribution is 0.155. The molecule has 0 atom stereocenters. The van der Waals surface area contributed by atoms with Gasteiger partial charge < -0.3 is 5.73 Å². The third-order valence-electron chi connectivity index (χ3n) is 1.87. The first kappa shape index (κ1) is 9.86. The predicted molar refractivity (Wildman–Crippen MR) is 58.9 cm³/mol. The number of hydrogen-bond donors (Lipinski definition) is 1. The van der Waals surface area contributed by atoms with Crippen LogP contribution in [0.3, 0.4) is 0 Å². The van der Waals surface area contributed by atoms with Gasteiger partial charge in [0.05, 0.1) is 4.88 Å². The van der Waals surface area contributed by atoms with Gasteiger partial charge >= 0.3 is 0 Å². The number of hydrogen-bond acceptors (Lipinski definition) is 2. The summed E-state index contributed by atoms with van der Waals surface area (Å²) in [4.78, 5) is 0.0607. The molecule has 0 aliphatic rings. The van der Waals surface area contributed by atoms with Gasteiger partial charge in [0, 0.05) is 20.2 Å². The second-order valence-electron chi connectivity index (χ2n) is 2.84. The molecule has 14 heavy (non-hydrogen) atoms. The quantitative estimate of drug-likeness (QED) is 0.778. The van der Waals surface area contributed by atoms with Gasteiger partial charge in [-0.3, -0.25) is 0 Å². The number of rotatable bonds is 1. The molecule has 0 saturated carbocycles. The van der Waals surface area contributed by atoms with Crippen molar-refractivity contribution in [2.24, 2.45) is 0 Å². The van der Waals surface area contributed by atoms with Gasteiger partial charge in [-0.05, 0) is 34.1 Å². The molecule has 0 fully saturated rings. The Bertz CT molecular complexity index is 481. The number of anilines is 1. The molecule has 0 spiro atoms. The number of halogens is 3. The van der Waals surface area contributed by atoms with E-state index in [-0.39, 0.29) is 4.88 Å². The molecule has 1 heterocycles. The van der Waals surface area contributed by atoms with Gasteiger partial charge in [0.25, 0.3) is 6.43 Å². The fraction of sp³-hybridized carbons (Fsp3) is 0.111. The van der Waals surface area contributed by atoms with Gasteiger partial charge in [-0.25, -0.2) is 8.78 Å². The Morgan fingerprint density at radius 1 is 1.36 bits per heavy atom. The smallest absolute Gasteiger partial charge is 0.273 e. The Kier molecular flexibility index (Phi) is 2.45. The standard InChI is InChI=1S/C9H6BrF2NS/c10-7-5-3-4(13)1-2-6(5)14-8(7)9(11)12/h1-3,9H,13H2. The average Bonchev–Trinajstić information content (AvgIpc) is 2.44. The Morgan fingerprint density at radius 2 is 2.07 bits per heavy atom. The highest BCUT2D eigenvalue weighted by molar-refractivity contribution is 9.10. The second-order valence-corrected chi connectivity index (χ2v) is 4.71. The second kappa shape index (κ2) is 3.47. The zero-order valence-corrected chi connectivity index (χ0v) is 9.33. The molecular formula is C9H6BrF2NS. The Hall–Kier alpha value is -0.680. The molecule has 1 nitrogen and oxygen atoms in total. The molecular weight excluding hydrogens is 272 g/mol. The van der Waals surface area contributed by atoms with Crippen molar-refractivity contribution in [1.29, 1.82) is 0 Å². The third kappa shape index (κ3) is 1.50. The molecule has 0 radical (unpaired) electrons. The van der Waals surface area contributed by atoms with E-state index in [1.807, 2.05) is 0 Å². The highest BCUT2D eigenvalue weighted by atomic mass is 79.9. The van der Waals surface area contributed by atoms with Crippen molar-refractivity contribution in [3.63, 3.8) is 0 Å². The van der Waals surface area contributed by atoms with E-state index in [2.05, 4.69) is 15.9 Å². The zero-order valence-electron chi connectivity index (χ0n) is 6.93. The minimum absolute atomic E-state index is 0.0607. The molecule has 0 amide bonds. The molecule has 2 rings (SSSR count). The topological polar surface area (TPSA) is 26.0 Å². The molecule has 0 unspecified atom stereocenters. The first-order valence-corrected chi connectivity index (χ1v) is 5.46. The molecule has 0 bridgehead atoms. The Labute approximate surface area is 91.7 Å². The maximum absolute atomic E-state index is 12.5. The van der Waals surface area contributed by atoms with Crippen LogP contribution in [-0.4, -0.2) is 0 Å². The molecule has 1 aromatic heterocycles. The maximum atomic E-state index is 12.5. The van der Waals surface area contributed by atoms with Crippen LogP contribution in [0.15, 0.2) is 22.7 Å². The van der Waals surface area contributed by atoms with Gasteiger partial charge in [-0.2, -0.15) is 0 Å². The van der Waals surface area contributed by atoms with Crippen molar-refractivity contribution in [3.8, 4) is 0 Å². The lowest BCUT2D eigenvalue weighted by atomic mass is 10.2. The van der Waals surface area contributed by atoms with Crippen molar-refractivity contribution in [3.05, 3.63) is 27.5 Å². The summed E-state index contributed by atoms with van der Waals surface area (Å²) in [7, 11) is 0. The van der Waals surface area contributed by atoms with Gasteiger partial charge in [-0.15, -0.1) is 11.3 Å². The van der Waals surface area contributed by atoms with E-state index in [9.17, 15) is 8.78 Å². The summed E-state index contributed by atoms with van der Waals surface area (Å²) in [5.41, 5.74) is 6.15. The monoisotopic (exact) mass is 277 g/mol. The lowest BCUT2D eigenvalue weighted by Crippen LogP contribution is -1.82. The fourth-order valence-corrected chi connectivity index (χ4v) is 3.05. The van der Waals surface area contributed by atoms with Crippen LogP contribution in [0.2, 0.25) is 0 Å². The molecule has 0 aliphatic carbocycles. The first-order chi connectivity index (χ1) is 6.59. The van der Waals surface area contributed by atoms with Crippen molar-refractivity contribution < 1.29 is 8.78 Å². The minimum Gasteiger partial charge on any atom is -0.399 e. The van der Waals surface area contributed by atoms with Crippen molar-refractivity contribution >= 4 is 43.0 Å². The molecule has 2 aromatic rings. The van der Waals surface area contributed by atoms with Crippen LogP contribution < -0.4 is 5.73 Å². The molecule has 0 aliphatic heterocycles. The van der Waals surface area contributed by atoms with Gasteiger partial charge in [-0.1, -0.05) is 0 Å². The highest BCUT2D eigenvalue weighted by Gasteiger charge is 2.17. The van der Waals surface area contributed by atoms with E-state index in [4.69, 9.17) is 5.73 Å². The van der Waals surface area contributed by atoms with Gasteiger partial charge in [0.2, 0.25) is 0 Å². The summed E-state index contributed by atoms with van der Waals surface area (Å²) in [6.45, 7) is 0. The summed E-state index contributed by atoms with van der Waals surface area (Å²) in [6, 6.07) is 5.16. The molecule has 74 valence electrons. The molecule has 5 heteroatoms. The number of thiophene rings is 1. The largest absolute Gasteiger partial charge is 0.399 e. The van der Waals surface area contributed by atoms with E-state index >= 15 is 0 Å². The fourth-order valence-electron chi connectivity index (χ4n) is 1.24. The first-order valence-electron chi connectivity index (χ1n) is 3.85. The van der Waals surface area contributed by atoms with E-state index < -0.39 is 6.43 Å². The van der Waals surface area contributed by atoms with Gasteiger partial charge in [0.15, 0.2) is 0 Å². The van der Waals surface area contributed by atoms with E-state index in [0.717, 1.165) is 21.4 Å². The van der Waals surface area contributed by atoms with Crippen LogP contribution in [0.5, 0.6) is 0 Å². The zero-order chi connectivity index (χ0) is 10.3. The third-order valence-corrected chi connectivity index (χ3v) is 4.17. The summed E-state index contributed by atoms with van der Waals surface area (Å²) < 4.78 is 26.3. The van der Waals surface area contributed by atoms with Crippen LogP contribution in [0.4, 0.5) is 14.5 Å². The summed E-state index contributed by atoms with van der Waals surface area (Å²) >= 11 is 4.25. The van der Waals surface area contributed by atoms with Crippen LogP contribution in [0.25, 0.3) is 10.1 Å². The Balaban J connectivity index is 2.74. The summed E-state index contributed by atoms with van der Waals surface area (Å²) in [6.07, 6.45) is -2.44. The van der Waals surface area contributed by atoms with Crippen LogP contribution in [0, 0.1) is 0 Å². The van der Waals surface area contributed by atoms with Crippen LogP contribution in [-0.2, 0) is 0 Å². The van der Waals surface area contributed by atoms with E-state index in [1.165, 1.54) is 0 Å². The summed E-state index contributed by atoms with van der Waals surface area (Å²) in [5, 5.41) is 0.755. The number of nitrogens with two attached hydrogens (primary N) is 1. The highest BCUT2D eigenvalue weighted by Crippen LogP contribution is 2.41. The van der Waals surface area contributed by atoms with Crippen LogP contribution >= 0.6 is 27.3 Å². The molecule has 2 N–H and O–H groups in total. The normalized spacial score (nSPS) is 11.4. The minimum atomic E-state index is -2.44. The maximum Gasteiger partial charge on any atom is 0.273 e. The van der Waals surface area contributed by atoms with Crippen molar-refractivity contribution in [1.82, 2.24) is 0 Å². The number of fused-ring (bicyclic) bond motifs is 1. The number of alkyl halides is 2. The van der Waals surface area contributed by atoms with Crippen molar-refractivity contribution in [2.75, 3.05) is 5.73 Å². The van der Waals surface area contributed by atoms with Crippen molar-refractivity contribution in [2.45, 2.75) is 6.43 Å².